The Labute approximate surface area is 129 Å². The topological polar surface area (TPSA) is 90.7 Å². The first-order chi connectivity index (χ1) is 9.14. The lowest BCUT2D eigenvalue weighted by atomic mass is 10.2. The van der Waals surface area contributed by atoms with Crippen LogP contribution in [0.4, 0.5) is 16.2 Å². The van der Waals surface area contributed by atoms with E-state index in [1.54, 1.807) is 20.8 Å². The van der Waals surface area contributed by atoms with Crippen molar-refractivity contribution in [2.45, 2.75) is 26.4 Å². The summed E-state index contributed by atoms with van der Waals surface area (Å²) in [5.41, 5.74) is -0.880. The summed E-state index contributed by atoms with van der Waals surface area (Å²) >= 11 is 1.92. The standard InChI is InChI=1S/C12H15IN2O5/c1-12(2,3)20-11(16)14-8-6-10(19-4)7(13)5-9(8)15(17)18/h5-6H,1-4H3,(H,14,16). The quantitative estimate of drug-likeness (QED) is 0.481. The summed E-state index contributed by atoms with van der Waals surface area (Å²) in [7, 11) is 1.45. The third-order valence-corrected chi connectivity index (χ3v) is 2.95. The van der Waals surface area contributed by atoms with Gasteiger partial charge in [-0.1, -0.05) is 0 Å². The van der Waals surface area contributed by atoms with E-state index >= 15 is 0 Å². The van der Waals surface area contributed by atoms with E-state index in [0.717, 1.165) is 0 Å². The monoisotopic (exact) mass is 394 g/mol. The van der Waals surface area contributed by atoms with Crippen LogP contribution in [0.5, 0.6) is 5.75 Å². The van der Waals surface area contributed by atoms with Gasteiger partial charge in [-0.15, -0.1) is 0 Å². The minimum Gasteiger partial charge on any atom is -0.496 e. The number of rotatable bonds is 3. The summed E-state index contributed by atoms with van der Waals surface area (Å²) in [6.45, 7) is 5.11. The fourth-order valence-corrected chi connectivity index (χ4v) is 2.03. The average Bonchev–Trinajstić information content (AvgIpc) is 2.28. The summed E-state index contributed by atoms with van der Waals surface area (Å²) in [5, 5.41) is 13.4. The average molecular weight is 394 g/mol. The lowest BCUT2D eigenvalue weighted by molar-refractivity contribution is -0.384. The Balaban J connectivity index is 3.09. The maximum atomic E-state index is 11.7. The molecule has 1 aromatic rings. The van der Waals surface area contributed by atoms with Crippen molar-refractivity contribution >= 4 is 40.1 Å². The first kappa shape index (κ1) is 16.5. The van der Waals surface area contributed by atoms with Crippen molar-refractivity contribution in [2.75, 3.05) is 12.4 Å². The van der Waals surface area contributed by atoms with Gasteiger partial charge in [0.25, 0.3) is 5.69 Å². The molecule has 1 N–H and O–H groups in total. The maximum absolute atomic E-state index is 11.7. The van der Waals surface area contributed by atoms with Gasteiger partial charge in [-0.05, 0) is 43.4 Å². The highest BCUT2D eigenvalue weighted by atomic mass is 127. The predicted molar refractivity (Wildman–Crippen MR) is 82.2 cm³/mol. The van der Waals surface area contributed by atoms with Gasteiger partial charge >= 0.3 is 6.09 Å². The number of anilines is 1. The number of carbonyl (C=O) groups is 1. The molecule has 7 nitrogen and oxygen atoms in total. The van der Waals surface area contributed by atoms with E-state index in [0.29, 0.717) is 9.32 Å². The molecule has 0 aliphatic carbocycles. The van der Waals surface area contributed by atoms with E-state index in [9.17, 15) is 14.9 Å². The summed E-state index contributed by atoms with van der Waals surface area (Å²) in [6.07, 6.45) is -0.760. The first-order valence-corrected chi connectivity index (χ1v) is 6.74. The Kier molecular flexibility index (Phi) is 5.15. The molecular weight excluding hydrogens is 379 g/mol. The molecule has 0 aliphatic rings. The van der Waals surface area contributed by atoms with E-state index < -0.39 is 16.6 Å². The Bertz CT molecular complexity index is 539. The van der Waals surface area contributed by atoms with Crippen molar-refractivity contribution in [3.63, 3.8) is 0 Å². The van der Waals surface area contributed by atoms with E-state index in [-0.39, 0.29) is 11.4 Å². The number of nitro benzene ring substituents is 1. The molecule has 20 heavy (non-hydrogen) atoms. The molecule has 0 saturated heterocycles. The third-order valence-electron chi connectivity index (χ3n) is 2.10. The molecule has 8 heteroatoms. The first-order valence-electron chi connectivity index (χ1n) is 5.66. The summed E-state index contributed by atoms with van der Waals surface area (Å²) in [5.74, 6) is 0.433. The van der Waals surface area contributed by atoms with Crippen molar-refractivity contribution in [1.29, 1.82) is 0 Å². The van der Waals surface area contributed by atoms with Crippen LogP contribution in [0, 0.1) is 13.7 Å². The number of hydrogen-bond acceptors (Lipinski definition) is 5. The zero-order valence-electron chi connectivity index (χ0n) is 11.5. The van der Waals surface area contributed by atoms with E-state index in [1.807, 2.05) is 22.6 Å². The van der Waals surface area contributed by atoms with Gasteiger partial charge in [-0.2, -0.15) is 0 Å². The van der Waals surface area contributed by atoms with Gasteiger partial charge in [0.1, 0.15) is 17.0 Å². The Morgan fingerprint density at radius 3 is 2.45 bits per heavy atom. The van der Waals surface area contributed by atoms with Crippen molar-refractivity contribution in [1.82, 2.24) is 0 Å². The zero-order valence-corrected chi connectivity index (χ0v) is 13.7. The highest BCUT2D eigenvalue weighted by Crippen LogP contribution is 2.33. The van der Waals surface area contributed by atoms with Gasteiger partial charge < -0.3 is 9.47 Å². The minimum atomic E-state index is -0.760. The predicted octanol–water partition coefficient (Wildman–Crippen LogP) is 3.56. The van der Waals surface area contributed by atoms with Gasteiger partial charge in [0.15, 0.2) is 0 Å². The lowest BCUT2D eigenvalue weighted by Crippen LogP contribution is -2.27. The molecule has 1 aromatic carbocycles. The van der Waals surface area contributed by atoms with Crippen LogP contribution in [0.1, 0.15) is 20.8 Å². The van der Waals surface area contributed by atoms with Crippen molar-refractivity contribution in [3.05, 3.63) is 25.8 Å². The van der Waals surface area contributed by atoms with Crippen molar-refractivity contribution in [2.24, 2.45) is 0 Å². The number of carbonyl (C=O) groups excluding carboxylic acids is 1. The second-order valence-electron chi connectivity index (χ2n) is 4.89. The molecule has 0 aromatic heterocycles. The van der Waals surface area contributed by atoms with Crippen LogP contribution in [-0.2, 0) is 4.74 Å². The number of nitrogens with one attached hydrogen (secondary N) is 1. The minimum absolute atomic E-state index is 0.0292. The molecule has 0 bridgehead atoms. The van der Waals surface area contributed by atoms with Gasteiger partial charge in [0.2, 0.25) is 0 Å². The van der Waals surface area contributed by atoms with Crippen molar-refractivity contribution < 1.29 is 19.2 Å². The number of ether oxygens (including phenoxy) is 2. The largest absolute Gasteiger partial charge is 0.496 e. The van der Waals surface area contributed by atoms with Gasteiger partial charge in [0, 0.05) is 12.1 Å². The third kappa shape index (κ3) is 4.51. The maximum Gasteiger partial charge on any atom is 0.412 e. The van der Waals surface area contributed by atoms with E-state index in [2.05, 4.69) is 5.32 Å². The van der Waals surface area contributed by atoms with Crippen molar-refractivity contribution in [3.8, 4) is 5.75 Å². The number of hydrogen-bond donors (Lipinski definition) is 1. The molecule has 0 heterocycles. The number of nitro groups is 1. The van der Waals surface area contributed by atoms with Crippen LogP contribution in [0.3, 0.4) is 0 Å². The van der Waals surface area contributed by atoms with Gasteiger partial charge in [-0.3, -0.25) is 15.4 Å². The molecule has 0 atom stereocenters. The SMILES string of the molecule is COc1cc(NC(=O)OC(C)(C)C)c([N+](=O)[O-])cc1I. The molecule has 1 amide bonds. The number of amides is 1. The summed E-state index contributed by atoms with van der Waals surface area (Å²) < 4.78 is 10.7. The molecule has 1 rings (SSSR count). The second-order valence-corrected chi connectivity index (χ2v) is 6.05. The van der Waals surface area contributed by atoms with E-state index in [4.69, 9.17) is 9.47 Å². The normalized spacial score (nSPS) is 10.8. The number of halogens is 1. The fraction of sp³-hybridized carbons (Fsp3) is 0.417. The van der Waals surface area contributed by atoms with Crippen LogP contribution < -0.4 is 10.1 Å². The summed E-state index contributed by atoms with van der Waals surface area (Å²) in [6, 6.07) is 2.72. The van der Waals surface area contributed by atoms with Crippen LogP contribution >= 0.6 is 22.6 Å². The van der Waals surface area contributed by atoms with Gasteiger partial charge in [0.05, 0.1) is 15.6 Å². The van der Waals surface area contributed by atoms with Crippen LogP contribution in [-0.4, -0.2) is 23.7 Å². The number of benzene rings is 1. The molecule has 0 radical (unpaired) electrons. The molecule has 0 unspecified atom stereocenters. The molecule has 0 aliphatic heterocycles. The molecule has 0 saturated carbocycles. The molecule has 110 valence electrons. The second kappa shape index (κ2) is 6.25. The Morgan fingerprint density at radius 2 is 2.00 bits per heavy atom. The van der Waals surface area contributed by atoms with Crippen LogP contribution in [0.2, 0.25) is 0 Å². The van der Waals surface area contributed by atoms with Gasteiger partial charge in [-0.25, -0.2) is 4.79 Å². The smallest absolute Gasteiger partial charge is 0.412 e. The number of nitrogens with zero attached hydrogens (tertiary/aromatic N) is 1. The highest BCUT2D eigenvalue weighted by Gasteiger charge is 2.22. The Hall–Kier alpha value is -1.58. The number of methoxy groups -OCH3 is 1. The molecule has 0 spiro atoms. The molecular formula is C12H15IN2O5. The lowest BCUT2D eigenvalue weighted by Gasteiger charge is -2.19. The fourth-order valence-electron chi connectivity index (χ4n) is 1.36. The highest BCUT2D eigenvalue weighted by molar-refractivity contribution is 14.1. The van der Waals surface area contributed by atoms with Crippen LogP contribution in [0.25, 0.3) is 0 Å². The summed E-state index contributed by atoms with van der Waals surface area (Å²) in [4.78, 5) is 22.1. The zero-order chi connectivity index (χ0) is 15.5. The molecule has 0 fully saturated rings. The Morgan fingerprint density at radius 1 is 1.40 bits per heavy atom. The van der Waals surface area contributed by atoms with E-state index in [1.165, 1.54) is 19.2 Å². The van der Waals surface area contributed by atoms with Crippen LogP contribution in [0.15, 0.2) is 12.1 Å².